The number of ether oxygens (including phenoxy) is 3. The Morgan fingerprint density at radius 2 is 1.71 bits per heavy atom. The van der Waals surface area contributed by atoms with E-state index in [9.17, 15) is 4.79 Å². The number of hydrogen-bond acceptors (Lipinski definition) is 4. The summed E-state index contributed by atoms with van der Waals surface area (Å²) in [6.07, 6.45) is 1.68. The predicted octanol–water partition coefficient (Wildman–Crippen LogP) is 3.79. The van der Waals surface area contributed by atoms with Crippen molar-refractivity contribution in [3.63, 3.8) is 0 Å². The van der Waals surface area contributed by atoms with Gasteiger partial charge in [0.15, 0.2) is 6.61 Å². The summed E-state index contributed by atoms with van der Waals surface area (Å²) >= 11 is 0. The largest absolute Gasteiger partial charge is 0.497 e. The molecule has 4 nitrogen and oxygen atoms in total. The molecule has 0 unspecified atom stereocenters. The maximum Gasteiger partial charge on any atom is 0.344 e. The molecular formula is C20H24O4. The smallest absolute Gasteiger partial charge is 0.344 e. The van der Waals surface area contributed by atoms with Crippen molar-refractivity contribution < 1.29 is 19.0 Å². The molecular weight excluding hydrogens is 304 g/mol. The summed E-state index contributed by atoms with van der Waals surface area (Å²) in [5, 5.41) is 0. The summed E-state index contributed by atoms with van der Waals surface area (Å²) in [4.78, 5) is 11.5. The highest BCUT2D eigenvalue weighted by atomic mass is 16.6. The van der Waals surface area contributed by atoms with Gasteiger partial charge in [-0.25, -0.2) is 4.79 Å². The fourth-order valence-corrected chi connectivity index (χ4v) is 2.43. The lowest BCUT2D eigenvalue weighted by Gasteiger charge is -2.13. The molecule has 0 bridgehead atoms. The van der Waals surface area contributed by atoms with Crippen molar-refractivity contribution in [3.05, 3.63) is 59.2 Å². The van der Waals surface area contributed by atoms with Crippen molar-refractivity contribution in [2.75, 3.05) is 20.3 Å². The Balaban J connectivity index is 2.16. The molecule has 0 N–H and O–H groups in total. The molecule has 0 spiro atoms. The van der Waals surface area contributed by atoms with E-state index in [1.54, 1.807) is 14.0 Å². The second kappa shape index (κ2) is 8.96. The van der Waals surface area contributed by atoms with E-state index in [1.807, 2.05) is 36.4 Å². The van der Waals surface area contributed by atoms with Crippen LogP contribution in [0.15, 0.2) is 42.5 Å². The van der Waals surface area contributed by atoms with Gasteiger partial charge in [0.25, 0.3) is 0 Å². The summed E-state index contributed by atoms with van der Waals surface area (Å²) in [6.45, 7) is 4.18. The summed E-state index contributed by atoms with van der Waals surface area (Å²) < 4.78 is 15.8. The van der Waals surface area contributed by atoms with E-state index in [4.69, 9.17) is 14.2 Å². The van der Waals surface area contributed by atoms with Gasteiger partial charge in [-0.3, -0.25) is 0 Å². The van der Waals surface area contributed by atoms with Crippen LogP contribution in [0.2, 0.25) is 0 Å². The fourth-order valence-electron chi connectivity index (χ4n) is 2.43. The van der Waals surface area contributed by atoms with Crippen LogP contribution < -0.4 is 9.47 Å². The molecule has 2 aromatic carbocycles. The molecule has 0 atom stereocenters. The maximum absolute atomic E-state index is 11.5. The minimum atomic E-state index is -0.354. The number of benzene rings is 2. The Kier molecular flexibility index (Phi) is 6.67. The maximum atomic E-state index is 11.5. The zero-order chi connectivity index (χ0) is 17.4. The predicted molar refractivity (Wildman–Crippen MR) is 93.7 cm³/mol. The Morgan fingerprint density at radius 3 is 2.33 bits per heavy atom. The number of esters is 1. The number of rotatable bonds is 8. The molecule has 0 heterocycles. The summed E-state index contributed by atoms with van der Waals surface area (Å²) in [5.41, 5.74) is 3.45. The third-order valence-electron chi connectivity index (χ3n) is 3.74. The number of carbonyl (C=O) groups excluding carboxylic acids is 1. The number of aryl methyl sites for hydroxylation is 1. The van der Waals surface area contributed by atoms with E-state index in [0.717, 1.165) is 35.5 Å². The highest BCUT2D eigenvalue weighted by Crippen LogP contribution is 2.24. The standard InChI is InChI=1S/C20H24O4/c1-4-15-8-11-19(24-14-20(21)23-5-2)17(12-15)13-16-6-9-18(22-3)10-7-16/h6-12H,4-5,13-14H2,1-3H3. The summed E-state index contributed by atoms with van der Waals surface area (Å²) in [5.74, 6) is 1.20. The lowest BCUT2D eigenvalue weighted by atomic mass is 10.0. The molecule has 0 aliphatic rings. The van der Waals surface area contributed by atoms with Gasteiger partial charge in [0.1, 0.15) is 11.5 Å². The van der Waals surface area contributed by atoms with Crippen LogP contribution in [0.25, 0.3) is 0 Å². The molecule has 0 fully saturated rings. The van der Waals surface area contributed by atoms with E-state index in [0.29, 0.717) is 6.61 Å². The number of methoxy groups -OCH3 is 1. The quantitative estimate of drug-likeness (QED) is 0.692. The monoisotopic (exact) mass is 328 g/mol. The van der Waals surface area contributed by atoms with Gasteiger partial charge in [0.2, 0.25) is 0 Å². The lowest BCUT2D eigenvalue weighted by Crippen LogP contribution is -2.15. The molecule has 0 saturated heterocycles. The molecule has 128 valence electrons. The molecule has 2 aromatic rings. The second-order valence-electron chi connectivity index (χ2n) is 5.41. The van der Waals surface area contributed by atoms with Crippen LogP contribution in [0.4, 0.5) is 0 Å². The van der Waals surface area contributed by atoms with Gasteiger partial charge in [-0.05, 0) is 48.2 Å². The van der Waals surface area contributed by atoms with E-state index in [-0.39, 0.29) is 12.6 Å². The van der Waals surface area contributed by atoms with Crippen molar-refractivity contribution >= 4 is 5.97 Å². The minimum Gasteiger partial charge on any atom is -0.497 e. The van der Waals surface area contributed by atoms with Crippen molar-refractivity contribution in [3.8, 4) is 11.5 Å². The topological polar surface area (TPSA) is 44.8 Å². The van der Waals surface area contributed by atoms with E-state index in [2.05, 4.69) is 13.0 Å². The Labute approximate surface area is 143 Å². The number of hydrogen-bond donors (Lipinski definition) is 0. The van der Waals surface area contributed by atoms with Crippen molar-refractivity contribution in [1.29, 1.82) is 0 Å². The second-order valence-corrected chi connectivity index (χ2v) is 5.41. The lowest BCUT2D eigenvalue weighted by molar-refractivity contribution is -0.145. The molecule has 0 aromatic heterocycles. The van der Waals surface area contributed by atoms with Gasteiger partial charge in [-0.2, -0.15) is 0 Å². The molecule has 4 heteroatoms. The van der Waals surface area contributed by atoms with Crippen LogP contribution in [0.5, 0.6) is 11.5 Å². The molecule has 0 radical (unpaired) electrons. The van der Waals surface area contributed by atoms with Crippen LogP contribution >= 0.6 is 0 Å². The van der Waals surface area contributed by atoms with Crippen LogP contribution in [-0.4, -0.2) is 26.3 Å². The molecule has 0 aliphatic heterocycles. The van der Waals surface area contributed by atoms with Crippen molar-refractivity contribution in [1.82, 2.24) is 0 Å². The van der Waals surface area contributed by atoms with Gasteiger partial charge in [0, 0.05) is 6.42 Å². The summed E-state index contributed by atoms with van der Waals surface area (Å²) in [7, 11) is 1.65. The average molecular weight is 328 g/mol. The first-order valence-corrected chi connectivity index (χ1v) is 8.19. The van der Waals surface area contributed by atoms with Crippen molar-refractivity contribution in [2.45, 2.75) is 26.7 Å². The SMILES string of the molecule is CCOC(=O)COc1ccc(CC)cc1Cc1ccc(OC)cc1. The van der Waals surface area contributed by atoms with Crippen LogP contribution in [0, 0.1) is 0 Å². The van der Waals surface area contributed by atoms with E-state index >= 15 is 0 Å². The Bertz CT molecular complexity index is 662. The highest BCUT2D eigenvalue weighted by Gasteiger charge is 2.09. The third kappa shape index (κ3) is 5.01. The summed E-state index contributed by atoms with van der Waals surface area (Å²) in [6, 6.07) is 14.0. The first-order valence-electron chi connectivity index (χ1n) is 8.19. The Morgan fingerprint density at radius 1 is 1.00 bits per heavy atom. The van der Waals surface area contributed by atoms with Gasteiger partial charge in [-0.15, -0.1) is 0 Å². The van der Waals surface area contributed by atoms with E-state index < -0.39 is 0 Å². The van der Waals surface area contributed by atoms with Gasteiger partial charge < -0.3 is 14.2 Å². The van der Waals surface area contributed by atoms with Gasteiger partial charge >= 0.3 is 5.97 Å². The van der Waals surface area contributed by atoms with Crippen LogP contribution in [0.1, 0.15) is 30.5 Å². The first-order chi connectivity index (χ1) is 11.7. The number of carbonyl (C=O) groups is 1. The molecule has 0 aliphatic carbocycles. The Hall–Kier alpha value is -2.49. The van der Waals surface area contributed by atoms with Gasteiger partial charge in [-0.1, -0.05) is 31.2 Å². The highest BCUT2D eigenvalue weighted by molar-refractivity contribution is 5.71. The van der Waals surface area contributed by atoms with Crippen molar-refractivity contribution in [2.24, 2.45) is 0 Å². The molecule has 24 heavy (non-hydrogen) atoms. The average Bonchev–Trinajstić information content (AvgIpc) is 2.61. The normalized spacial score (nSPS) is 10.3. The van der Waals surface area contributed by atoms with Crippen LogP contribution in [-0.2, 0) is 22.4 Å². The zero-order valence-electron chi connectivity index (χ0n) is 14.5. The van der Waals surface area contributed by atoms with Crippen LogP contribution in [0.3, 0.4) is 0 Å². The molecule has 2 rings (SSSR count). The molecule has 0 saturated carbocycles. The van der Waals surface area contributed by atoms with E-state index in [1.165, 1.54) is 5.56 Å². The third-order valence-corrected chi connectivity index (χ3v) is 3.74. The fraction of sp³-hybridized carbons (Fsp3) is 0.350. The first kappa shape index (κ1) is 17.9. The van der Waals surface area contributed by atoms with Gasteiger partial charge in [0.05, 0.1) is 13.7 Å². The zero-order valence-corrected chi connectivity index (χ0v) is 14.5. The minimum absolute atomic E-state index is 0.0745. The molecule has 0 amide bonds.